The van der Waals surface area contributed by atoms with E-state index in [1.54, 1.807) is 6.92 Å². The molecule has 41 heavy (non-hydrogen) atoms. The minimum atomic E-state index is -0.668. The van der Waals surface area contributed by atoms with Crippen molar-refractivity contribution in [1.29, 1.82) is 0 Å². The molecule has 0 bridgehead atoms. The molecule has 2 aromatic carbocycles. The fourth-order valence-corrected chi connectivity index (χ4v) is 4.91. The Morgan fingerprint density at radius 1 is 1.20 bits per heavy atom. The van der Waals surface area contributed by atoms with Crippen molar-refractivity contribution in [3.63, 3.8) is 0 Å². The second kappa shape index (κ2) is 13.5. The van der Waals surface area contributed by atoms with Crippen molar-refractivity contribution in [1.82, 2.24) is 14.9 Å². The van der Waals surface area contributed by atoms with E-state index < -0.39 is 29.4 Å². The van der Waals surface area contributed by atoms with Gasteiger partial charge in [0.25, 0.3) is 11.5 Å². The summed E-state index contributed by atoms with van der Waals surface area (Å²) < 4.78 is 27.1. The Morgan fingerprint density at radius 2 is 1.95 bits per heavy atom. The van der Waals surface area contributed by atoms with Crippen LogP contribution in [0.4, 0.5) is 10.1 Å². The van der Waals surface area contributed by atoms with Crippen molar-refractivity contribution >= 4 is 17.5 Å². The second-order valence-electron chi connectivity index (χ2n) is 9.49. The number of hydrogen-bond acceptors (Lipinski definition) is 7. The number of benzene rings is 2. The average molecular weight is 567 g/mol. The summed E-state index contributed by atoms with van der Waals surface area (Å²) in [6.45, 7) is 6.07. The molecule has 0 radical (unpaired) electrons. The number of aliphatic hydroxyl groups is 1. The van der Waals surface area contributed by atoms with Crippen LogP contribution in [0.25, 0.3) is 0 Å². The zero-order valence-corrected chi connectivity index (χ0v) is 23.4. The number of aliphatic hydroxyl groups excluding tert-OH is 1. The number of ether oxygens (including phenoxy) is 2. The first-order valence-corrected chi connectivity index (χ1v) is 13.8. The van der Waals surface area contributed by atoms with Gasteiger partial charge in [0.2, 0.25) is 11.7 Å². The Kier molecular flexibility index (Phi) is 9.85. The van der Waals surface area contributed by atoms with E-state index >= 15 is 0 Å². The predicted octanol–water partition coefficient (Wildman–Crippen LogP) is 3.50. The lowest BCUT2D eigenvalue weighted by Crippen LogP contribution is -2.38. The molecule has 2 atom stereocenters. The lowest BCUT2D eigenvalue weighted by molar-refractivity contribution is -0.117. The summed E-state index contributed by atoms with van der Waals surface area (Å²) >= 11 is 0. The van der Waals surface area contributed by atoms with Gasteiger partial charge in [-0.25, -0.2) is 9.37 Å². The van der Waals surface area contributed by atoms with Crippen LogP contribution in [0.1, 0.15) is 67.2 Å². The SMILES string of the molecule is CC.CC1OCCn2c1nc(C(=O)NCc1ccc(F)cc1N1C(=O)CCC1CO)c(OCc1ccccc1)c2=O. The maximum absolute atomic E-state index is 14.2. The zero-order valence-electron chi connectivity index (χ0n) is 23.4. The van der Waals surface area contributed by atoms with Gasteiger partial charge in [0.15, 0.2) is 5.69 Å². The summed E-state index contributed by atoms with van der Waals surface area (Å²) in [7, 11) is 0. The smallest absolute Gasteiger partial charge is 0.296 e. The van der Waals surface area contributed by atoms with Crippen LogP contribution in [0.15, 0.2) is 53.3 Å². The minimum absolute atomic E-state index is 0.0607. The number of rotatable bonds is 8. The normalized spacial score (nSPS) is 17.9. The van der Waals surface area contributed by atoms with Crippen LogP contribution >= 0.6 is 0 Å². The van der Waals surface area contributed by atoms with E-state index in [9.17, 15) is 23.9 Å². The number of nitrogens with one attached hydrogen (secondary N) is 1. The van der Waals surface area contributed by atoms with E-state index in [0.29, 0.717) is 24.4 Å². The number of amides is 2. The number of carbonyl (C=O) groups excluding carboxylic acids is 2. The van der Waals surface area contributed by atoms with Crippen molar-refractivity contribution in [2.24, 2.45) is 0 Å². The van der Waals surface area contributed by atoms with Crippen LogP contribution in [-0.4, -0.2) is 45.7 Å². The summed E-state index contributed by atoms with van der Waals surface area (Å²) in [5.41, 5.74) is 0.891. The zero-order chi connectivity index (χ0) is 29.5. The number of anilines is 1. The molecule has 1 aromatic heterocycles. The van der Waals surface area contributed by atoms with Crippen molar-refractivity contribution in [2.75, 3.05) is 18.1 Å². The minimum Gasteiger partial charge on any atom is -0.481 e. The number of nitrogens with zero attached hydrogens (tertiary/aromatic N) is 3. The van der Waals surface area contributed by atoms with Crippen molar-refractivity contribution in [3.05, 3.63) is 87.3 Å². The van der Waals surface area contributed by atoms with Crippen molar-refractivity contribution in [3.8, 4) is 5.75 Å². The fraction of sp³-hybridized carbons (Fsp3) is 0.400. The summed E-state index contributed by atoms with van der Waals surface area (Å²) in [4.78, 5) is 45.2. The Hall–Kier alpha value is -4.09. The van der Waals surface area contributed by atoms with Gasteiger partial charge in [0, 0.05) is 13.0 Å². The molecule has 218 valence electrons. The Balaban J connectivity index is 0.00000189. The Bertz CT molecular complexity index is 1440. The molecule has 0 saturated carbocycles. The molecule has 2 aliphatic rings. The van der Waals surface area contributed by atoms with Crippen LogP contribution in [-0.2, 0) is 29.2 Å². The van der Waals surface area contributed by atoms with Gasteiger partial charge in [-0.05, 0) is 36.6 Å². The number of hydrogen-bond donors (Lipinski definition) is 2. The maximum atomic E-state index is 14.2. The van der Waals surface area contributed by atoms with E-state index in [2.05, 4.69) is 10.3 Å². The van der Waals surface area contributed by atoms with Crippen LogP contribution in [0, 0.1) is 5.82 Å². The molecule has 2 unspecified atom stereocenters. The van der Waals surface area contributed by atoms with E-state index in [4.69, 9.17) is 9.47 Å². The lowest BCUT2D eigenvalue weighted by Gasteiger charge is -2.26. The van der Waals surface area contributed by atoms with Crippen LogP contribution in [0.2, 0.25) is 0 Å². The summed E-state index contributed by atoms with van der Waals surface area (Å²) in [5.74, 6) is -1.31. The summed E-state index contributed by atoms with van der Waals surface area (Å²) in [6.07, 6.45) is 0.184. The van der Waals surface area contributed by atoms with Gasteiger partial charge in [-0.1, -0.05) is 50.2 Å². The third-order valence-corrected chi connectivity index (χ3v) is 6.93. The van der Waals surface area contributed by atoms with Crippen LogP contribution in [0.3, 0.4) is 0 Å². The van der Waals surface area contributed by atoms with Crippen LogP contribution < -0.4 is 20.5 Å². The summed E-state index contributed by atoms with van der Waals surface area (Å²) in [5, 5.41) is 12.5. The molecule has 3 heterocycles. The van der Waals surface area contributed by atoms with Gasteiger partial charge < -0.3 is 24.8 Å². The highest BCUT2D eigenvalue weighted by atomic mass is 19.1. The first-order chi connectivity index (χ1) is 19.9. The Morgan fingerprint density at radius 3 is 2.68 bits per heavy atom. The van der Waals surface area contributed by atoms with Gasteiger partial charge in [-0.2, -0.15) is 0 Å². The molecule has 3 aromatic rings. The van der Waals surface area contributed by atoms with E-state index in [1.807, 2.05) is 44.2 Å². The molecule has 1 fully saturated rings. The molecule has 10 nitrogen and oxygen atoms in total. The maximum Gasteiger partial charge on any atom is 0.296 e. The largest absolute Gasteiger partial charge is 0.481 e. The van der Waals surface area contributed by atoms with Gasteiger partial charge in [-0.15, -0.1) is 0 Å². The Labute approximate surface area is 237 Å². The first kappa shape index (κ1) is 29.9. The predicted molar refractivity (Wildman–Crippen MR) is 150 cm³/mol. The van der Waals surface area contributed by atoms with E-state index in [0.717, 1.165) is 5.56 Å². The molecule has 0 spiro atoms. The molecule has 2 aliphatic heterocycles. The number of carbonyl (C=O) groups is 2. The van der Waals surface area contributed by atoms with Gasteiger partial charge in [0.05, 0.1) is 31.5 Å². The lowest BCUT2D eigenvalue weighted by atomic mass is 10.1. The number of halogens is 1. The van der Waals surface area contributed by atoms with E-state index in [1.165, 1.54) is 27.7 Å². The van der Waals surface area contributed by atoms with Gasteiger partial charge in [-0.3, -0.25) is 19.0 Å². The quantitative estimate of drug-likeness (QED) is 0.428. The number of fused-ring (bicyclic) bond motifs is 1. The highest BCUT2D eigenvalue weighted by Crippen LogP contribution is 2.31. The second-order valence-corrected chi connectivity index (χ2v) is 9.49. The highest BCUT2D eigenvalue weighted by molar-refractivity contribution is 5.97. The van der Waals surface area contributed by atoms with Crippen LogP contribution in [0.5, 0.6) is 5.75 Å². The topological polar surface area (TPSA) is 123 Å². The fourth-order valence-electron chi connectivity index (χ4n) is 4.91. The average Bonchev–Trinajstić information content (AvgIpc) is 3.37. The molecule has 11 heteroatoms. The van der Waals surface area contributed by atoms with E-state index in [-0.39, 0.29) is 55.8 Å². The van der Waals surface area contributed by atoms with Crippen molar-refractivity contribution < 1.29 is 28.6 Å². The molecule has 0 aliphatic carbocycles. The first-order valence-electron chi connectivity index (χ1n) is 13.8. The molecular formula is C30H35FN4O6. The monoisotopic (exact) mass is 566 g/mol. The third-order valence-electron chi connectivity index (χ3n) is 6.93. The third kappa shape index (κ3) is 6.47. The standard InChI is InChI=1S/C28H29FN4O6.C2H6/c1-17-26-31-24(25(28(37)32(26)11-12-38-17)39-16-18-5-3-2-4-6-18)27(36)30-14-19-7-8-20(29)13-22(19)33-21(15-34)9-10-23(33)35;1-2/h2-8,13,17,21,34H,9-12,14-16H2,1H3,(H,30,36);1-2H3. The highest BCUT2D eigenvalue weighted by Gasteiger charge is 2.33. The molecular weight excluding hydrogens is 531 g/mol. The molecule has 1 saturated heterocycles. The van der Waals surface area contributed by atoms with Gasteiger partial charge >= 0.3 is 0 Å². The number of aromatic nitrogens is 2. The molecule has 5 rings (SSSR count). The summed E-state index contributed by atoms with van der Waals surface area (Å²) in [6, 6.07) is 12.7. The molecule has 2 N–H and O–H groups in total. The molecule has 2 amide bonds. The van der Waals surface area contributed by atoms with Crippen molar-refractivity contribution in [2.45, 2.75) is 65.5 Å². The van der Waals surface area contributed by atoms with Gasteiger partial charge in [0.1, 0.15) is 24.4 Å².